The van der Waals surface area contributed by atoms with Crippen molar-refractivity contribution in [2.24, 2.45) is 0 Å². The second-order valence-corrected chi connectivity index (χ2v) is 31.8. The van der Waals surface area contributed by atoms with E-state index in [2.05, 4.69) is 84.8 Å². The van der Waals surface area contributed by atoms with Gasteiger partial charge in [-0.15, -0.1) is 9.97 Å². The summed E-state index contributed by atoms with van der Waals surface area (Å²) in [6, 6.07) is 0.998. The first-order chi connectivity index (χ1) is 42.9. The number of piperazine rings is 4. The van der Waals surface area contributed by atoms with E-state index in [-0.39, 0.29) is 108 Å². The van der Waals surface area contributed by atoms with E-state index < -0.39 is 22.2 Å². The third kappa shape index (κ3) is 16.1. The van der Waals surface area contributed by atoms with Crippen LogP contribution in [0.5, 0.6) is 24.0 Å². The Morgan fingerprint density at radius 3 is 0.804 bits per heavy atom. The number of ether oxygens (including phenoxy) is 4. The Balaban J connectivity index is 0.985. The summed E-state index contributed by atoms with van der Waals surface area (Å²) < 4.78 is 25.7. The van der Waals surface area contributed by atoms with E-state index in [4.69, 9.17) is 48.9 Å². The summed E-state index contributed by atoms with van der Waals surface area (Å²) >= 11 is 0. The van der Waals surface area contributed by atoms with Gasteiger partial charge in [0.05, 0.1) is 48.3 Å². The minimum atomic E-state index is -0.681. The number of nitrogens with zero attached hydrogens (tertiary/aromatic N) is 16. The molecule has 0 N–H and O–H groups in total. The second kappa shape index (κ2) is 28.5. The molecule has 4 aliphatic heterocycles. The Hall–Kier alpha value is -5.46. The van der Waals surface area contributed by atoms with E-state index in [0.717, 1.165) is 90.1 Å². The molecule has 0 aromatic carbocycles. The van der Waals surface area contributed by atoms with Crippen LogP contribution in [-0.4, -0.2) is 269 Å². The van der Waals surface area contributed by atoms with Crippen LogP contribution in [-0.2, 0) is 19.2 Å². The van der Waals surface area contributed by atoms with Crippen molar-refractivity contribution in [1.29, 1.82) is 0 Å². The van der Waals surface area contributed by atoms with Crippen molar-refractivity contribution in [1.82, 2.24) is 69.1 Å². The van der Waals surface area contributed by atoms with Gasteiger partial charge in [0.2, 0.25) is 35.5 Å². The van der Waals surface area contributed by atoms with Gasteiger partial charge in [-0.25, -0.2) is 0 Å². The lowest BCUT2D eigenvalue weighted by Crippen LogP contribution is -2.70. The monoisotopic (exact) mass is 1290 g/mol. The maximum Gasteiger partial charge on any atom is 0.324 e. The van der Waals surface area contributed by atoms with E-state index in [1.165, 1.54) is 12.8 Å². The van der Waals surface area contributed by atoms with Gasteiger partial charge in [0.15, 0.2) is 0 Å². The van der Waals surface area contributed by atoms with Gasteiger partial charge in [-0.05, 0) is 177 Å². The first-order valence-corrected chi connectivity index (χ1v) is 34.6. The first-order valence-electron chi connectivity index (χ1n) is 34.6. The van der Waals surface area contributed by atoms with Gasteiger partial charge in [0.1, 0.15) is 26.4 Å². The minimum Gasteiger partial charge on any atom is -0.461 e. The van der Waals surface area contributed by atoms with E-state index >= 15 is 0 Å². The summed E-state index contributed by atoms with van der Waals surface area (Å²) in [6.45, 7) is 38.9. The van der Waals surface area contributed by atoms with Gasteiger partial charge in [0.25, 0.3) is 0 Å². The number of rotatable bonds is 27. The first kappa shape index (κ1) is 72.4. The van der Waals surface area contributed by atoms with Crippen LogP contribution >= 0.6 is 0 Å². The van der Waals surface area contributed by atoms with E-state index in [9.17, 15) is 19.2 Å². The van der Waals surface area contributed by atoms with E-state index in [1.807, 2.05) is 103 Å². The topological polar surface area (TPSA) is 215 Å². The van der Waals surface area contributed by atoms with Crippen LogP contribution in [0.2, 0.25) is 0 Å². The van der Waals surface area contributed by atoms with Crippen molar-refractivity contribution in [3.05, 3.63) is 0 Å². The minimum absolute atomic E-state index is 0.0463. The molecule has 518 valence electrons. The Morgan fingerprint density at radius 1 is 0.348 bits per heavy atom. The zero-order valence-corrected chi connectivity index (χ0v) is 60.4. The van der Waals surface area contributed by atoms with Crippen LogP contribution in [0.4, 0.5) is 11.9 Å². The molecule has 24 heteroatoms. The van der Waals surface area contributed by atoms with E-state index in [0.29, 0.717) is 64.3 Å². The number of unbranched alkanes of at least 4 members (excludes halogenated alkanes) is 3. The number of amides is 4. The molecule has 6 heterocycles. The molecule has 0 unspecified atom stereocenters. The average Bonchev–Trinajstić information content (AvgIpc) is 0.791. The zero-order chi connectivity index (χ0) is 67.6. The Morgan fingerprint density at radius 2 is 0.576 bits per heavy atom. The lowest BCUT2D eigenvalue weighted by Gasteiger charge is -2.53. The maximum absolute atomic E-state index is 13.8. The molecular weight excluding hydrogens is 1170 g/mol. The molecule has 4 amide bonds. The summed E-state index contributed by atoms with van der Waals surface area (Å²) in [5, 5.41) is 0. The number of hydrogen-bond donors (Lipinski definition) is 0. The number of carbonyl (C=O) groups excluding carboxylic acids is 4. The molecule has 4 saturated heterocycles. The van der Waals surface area contributed by atoms with Crippen molar-refractivity contribution < 1.29 is 38.1 Å². The molecule has 2 aliphatic carbocycles. The molecule has 2 aromatic rings. The molecule has 0 atom stereocenters. The number of anilines is 2. The van der Waals surface area contributed by atoms with Gasteiger partial charge < -0.3 is 48.3 Å². The van der Waals surface area contributed by atoms with Gasteiger partial charge in [0, 0.05) is 73.5 Å². The molecule has 0 radical (unpaired) electrons. The molecule has 6 aliphatic rings. The number of aromatic nitrogens is 6. The third-order valence-corrected chi connectivity index (χ3v) is 22.2. The van der Waals surface area contributed by atoms with Gasteiger partial charge in [-0.1, -0.05) is 51.4 Å². The van der Waals surface area contributed by atoms with Crippen LogP contribution in [0.1, 0.15) is 201 Å². The number of hydrogen-bond acceptors (Lipinski definition) is 20. The molecule has 0 spiro atoms. The fourth-order valence-corrected chi connectivity index (χ4v) is 15.2. The molecule has 6 fully saturated rings. The van der Waals surface area contributed by atoms with Crippen molar-refractivity contribution >= 4 is 35.5 Å². The molecule has 8 rings (SSSR count). The predicted molar refractivity (Wildman–Crippen MR) is 359 cm³/mol. The average molecular weight is 1290 g/mol. The smallest absolute Gasteiger partial charge is 0.324 e. The maximum atomic E-state index is 13.8. The molecule has 2 aromatic heterocycles. The molecule has 0 bridgehead atoms. The van der Waals surface area contributed by atoms with Gasteiger partial charge in [-0.3, -0.25) is 38.8 Å². The van der Waals surface area contributed by atoms with Crippen molar-refractivity contribution in [3.63, 3.8) is 0 Å². The zero-order valence-electron chi connectivity index (χ0n) is 60.4. The van der Waals surface area contributed by atoms with Crippen LogP contribution < -0.4 is 28.7 Å². The molecular formula is C68H118N16O8. The Labute approximate surface area is 551 Å². The van der Waals surface area contributed by atoms with Crippen molar-refractivity contribution in [2.45, 2.75) is 257 Å². The Kier molecular flexibility index (Phi) is 22.4. The summed E-state index contributed by atoms with van der Waals surface area (Å²) in [7, 11) is 8.04. The number of likely N-dealkylation sites (N-methyl/N-ethyl adjacent to an activating group) is 4. The van der Waals surface area contributed by atoms with Crippen LogP contribution in [0, 0.1) is 0 Å². The normalized spacial score (nSPS) is 23.7. The molecule has 24 nitrogen and oxygen atoms in total. The fraction of sp³-hybridized carbons (Fsp3) is 0.853. The highest BCUT2D eigenvalue weighted by Crippen LogP contribution is 2.37. The second-order valence-electron chi connectivity index (χ2n) is 31.8. The summed E-state index contributed by atoms with van der Waals surface area (Å²) in [6.07, 6.45) is 14.6. The number of carbonyl (C=O) groups is 4. The van der Waals surface area contributed by atoms with Crippen molar-refractivity contribution in [3.8, 4) is 24.0 Å². The van der Waals surface area contributed by atoms with Crippen LogP contribution in [0.3, 0.4) is 0 Å². The fourth-order valence-electron chi connectivity index (χ4n) is 15.2. The highest BCUT2D eigenvalue weighted by molar-refractivity contribution is 5.88. The summed E-state index contributed by atoms with van der Waals surface area (Å²) in [5.74, 6) is 1.20. The highest BCUT2D eigenvalue weighted by atomic mass is 16.5. The third-order valence-electron chi connectivity index (χ3n) is 22.2. The highest BCUT2D eigenvalue weighted by Gasteiger charge is 2.52. The predicted octanol–water partition coefficient (Wildman–Crippen LogP) is 7.44. The van der Waals surface area contributed by atoms with Crippen LogP contribution in [0.15, 0.2) is 0 Å². The standard InChI is InChI=1S/C68H118N16O8/c1-61(2)45-79(51(85)65(9,10)75(61)17)37-41-89-57-69-55(70-58(73-57)90-42-38-80-46-62(3,4)76(18)66(11,12)52(80)86)83(49-31-25-23-26-32-49)35-29-21-22-30-36-84(50-33-27-24-28-34-50)56-71-59(91-43-39-81-47-63(5,6)77(19)67(13,14)53(81)87)74-60(72-56)92-44-40-82-48-64(7,8)78(20)68(15,16)54(82)88/h49-50H,21-48H2,1-20H3. The van der Waals surface area contributed by atoms with Crippen molar-refractivity contribution in [2.75, 3.05) is 130 Å². The van der Waals surface area contributed by atoms with Gasteiger partial charge >= 0.3 is 24.0 Å². The molecule has 2 saturated carbocycles. The lowest BCUT2D eigenvalue weighted by molar-refractivity contribution is -0.158. The lowest BCUT2D eigenvalue weighted by atomic mass is 9.88. The quantitative estimate of drug-likeness (QED) is 0.0795. The van der Waals surface area contributed by atoms with E-state index in [1.54, 1.807) is 0 Å². The summed E-state index contributed by atoms with van der Waals surface area (Å²) in [5.41, 5.74) is -3.69. The largest absolute Gasteiger partial charge is 0.461 e. The summed E-state index contributed by atoms with van der Waals surface area (Å²) in [4.78, 5) is 106. The molecule has 92 heavy (non-hydrogen) atoms. The van der Waals surface area contributed by atoms with Gasteiger partial charge in [-0.2, -0.15) is 19.9 Å². The Bertz CT molecular complexity index is 2530. The van der Waals surface area contributed by atoms with Crippen LogP contribution in [0.25, 0.3) is 0 Å². The SMILES string of the molecule is CN1C(C)(C)CN(CCOc2nc(OCCN3CC(C)(C)N(C)C(C)(C)C3=O)nc(N(CCCCCCN(c3nc(OCCN4CC(C)(C)N(C)C(C)(C)C4=O)nc(OCCN4CC(C)(C)N(C)C(C)(C)C4=O)n3)C3CCCCC3)C3CCCCC3)n2)C(=O)C1(C)C.